The molecule has 100 valence electrons. The van der Waals surface area contributed by atoms with Crippen LogP contribution in [0.1, 0.15) is 45.7 Å². The van der Waals surface area contributed by atoms with Crippen molar-refractivity contribution in [2.75, 3.05) is 6.54 Å². The summed E-state index contributed by atoms with van der Waals surface area (Å²) in [5.74, 6) is 0.0255. The van der Waals surface area contributed by atoms with Gasteiger partial charge in [0.25, 0.3) is 0 Å². The van der Waals surface area contributed by atoms with Crippen LogP contribution in [0.5, 0.6) is 0 Å². The Morgan fingerprint density at radius 2 is 2.22 bits per heavy atom. The Bertz CT molecular complexity index is 376. The van der Waals surface area contributed by atoms with Gasteiger partial charge in [0.2, 0.25) is 5.91 Å². The van der Waals surface area contributed by atoms with E-state index in [0.29, 0.717) is 6.54 Å². The topological polar surface area (TPSA) is 54.0 Å². The van der Waals surface area contributed by atoms with Gasteiger partial charge < -0.3 is 10.6 Å². The highest BCUT2D eigenvalue weighted by Gasteiger charge is 2.17. The lowest BCUT2D eigenvalue weighted by atomic mass is 10.0. The Hall–Kier alpha value is -1.42. The van der Waals surface area contributed by atoms with E-state index in [1.807, 2.05) is 39.1 Å². The predicted octanol–water partition coefficient (Wildman–Crippen LogP) is 2.04. The van der Waals surface area contributed by atoms with Crippen molar-refractivity contribution in [3.8, 4) is 0 Å². The van der Waals surface area contributed by atoms with Crippen LogP contribution in [0.4, 0.5) is 0 Å². The van der Waals surface area contributed by atoms with Crippen molar-refractivity contribution in [3.63, 3.8) is 0 Å². The van der Waals surface area contributed by atoms with Crippen molar-refractivity contribution in [2.24, 2.45) is 0 Å². The van der Waals surface area contributed by atoms with Crippen molar-refractivity contribution in [2.45, 2.75) is 45.7 Å². The molecule has 0 fully saturated rings. The second kappa shape index (κ2) is 6.50. The quantitative estimate of drug-likeness (QED) is 0.811. The van der Waals surface area contributed by atoms with E-state index in [1.165, 1.54) is 0 Å². The molecule has 0 saturated heterocycles. The number of nitrogens with one attached hydrogen (secondary N) is 2. The molecule has 0 aromatic carbocycles. The van der Waals surface area contributed by atoms with Gasteiger partial charge in [-0.2, -0.15) is 0 Å². The zero-order chi connectivity index (χ0) is 13.6. The third-order valence-corrected chi connectivity index (χ3v) is 3.11. The minimum atomic E-state index is -0.143. The normalized spacial score (nSPS) is 13.1. The van der Waals surface area contributed by atoms with Gasteiger partial charge in [0.1, 0.15) is 0 Å². The average molecular weight is 249 g/mol. The molecule has 0 radical (unpaired) electrons. The van der Waals surface area contributed by atoms with Crippen LogP contribution in [0.3, 0.4) is 0 Å². The van der Waals surface area contributed by atoms with E-state index in [0.717, 1.165) is 12.0 Å². The van der Waals surface area contributed by atoms with E-state index in [1.54, 1.807) is 6.20 Å². The Labute approximate surface area is 109 Å². The molecule has 1 amide bonds. The molecule has 1 aromatic heterocycles. The van der Waals surface area contributed by atoms with Crippen LogP contribution in [0.2, 0.25) is 0 Å². The van der Waals surface area contributed by atoms with Crippen LogP contribution < -0.4 is 10.6 Å². The average Bonchev–Trinajstić information content (AvgIpc) is 2.36. The molecule has 4 nitrogen and oxygen atoms in total. The first-order chi connectivity index (χ1) is 8.44. The monoisotopic (exact) mass is 249 g/mol. The minimum Gasteiger partial charge on any atom is -0.350 e. The number of aromatic nitrogens is 1. The summed E-state index contributed by atoms with van der Waals surface area (Å²) in [6.07, 6.45) is 4.47. The molecule has 0 aliphatic carbocycles. The molecule has 2 N–H and O–H groups in total. The number of nitrogens with zero attached hydrogens (tertiary/aromatic N) is 1. The number of hydrogen-bond donors (Lipinski definition) is 2. The summed E-state index contributed by atoms with van der Waals surface area (Å²) in [6, 6.07) is 4.01. The fraction of sp³-hybridized carbons (Fsp3) is 0.571. The van der Waals surface area contributed by atoms with Gasteiger partial charge in [-0.25, -0.2) is 0 Å². The smallest absolute Gasteiger partial charge is 0.234 e. The van der Waals surface area contributed by atoms with Gasteiger partial charge in [-0.15, -0.1) is 0 Å². The molecule has 1 atom stereocenters. The number of hydrogen-bond acceptors (Lipinski definition) is 3. The minimum absolute atomic E-state index is 0.0255. The maximum atomic E-state index is 11.8. The first-order valence-corrected chi connectivity index (χ1v) is 6.39. The lowest BCUT2D eigenvalue weighted by molar-refractivity contribution is -0.122. The molecule has 0 spiro atoms. The van der Waals surface area contributed by atoms with E-state index in [2.05, 4.69) is 22.5 Å². The standard InChI is InChI=1S/C14H23N3O/c1-5-14(3,4)17-13(18)10-16-11(2)12-7-6-8-15-9-12/h6-9,11,16H,5,10H2,1-4H3,(H,17,18)/t11-/m1/s1. The van der Waals surface area contributed by atoms with E-state index < -0.39 is 0 Å². The highest BCUT2D eigenvalue weighted by atomic mass is 16.2. The Morgan fingerprint density at radius 1 is 1.50 bits per heavy atom. The van der Waals surface area contributed by atoms with Crippen molar-refractivity contribution >= 4 is 5.91 Å². The summed E-state index contributed by atoms with van der Waals surface area (Å²) >= 11 is 0. The fourth-order valence-electron chi connectivity index (χ4n) is 1.51. The van der Waals surface area contributed by atoms with Crippen molar-refractivity contribution < 1.29 is 4.79 Å². The summed E-state index contributed by atoms with van der Waals surface area (Å²) in [4.78, 5) is 15.8. The summed E-state index contributed by atoms with van der Waals surface area (Å²) in [5.41, 5.74) is 0.941. The molecular weight excluding hydrogens is 226 g/mol. The maximum Gasteiger partial charge on any atom is 0.234 e. The Kier molecular flexibility index (Phi) is 5.28. The fourth-order valence-corrected chi connectivity index (χ4v) is 1.51. The second-order valence-electron chi connectivity index (χ2n) is 5.17. The van der Waals surface area contributed by atoms with Gasteiger partial charge in [0.15, 0.2) is 0 Å². The predicted molar refractivity (Wildman–Crippen MR) is 73.2 cm³/mol. The lowest BCUT2D eigenvalue weighted by Crippen LogP contribution is -2.46. The maximum absolute atomic E-state index is 11.8. The largest absolute Gasteiger partial charge is 0.350 e. The summed E-state index contributed by atoms with van der Waals surface area (Å²) in [6.45, 7) is 8.45. The van der Waals surface area contributed by atoms with Gasteiger partial charge in [-0.3, -0.25) is 9.78 Å². The lowest BCUT2D eigenvalue weighted by Gasteiger charge is -2.25. The van der Waals surface area contributed by atoms with Gasteiger partial charge >= 0.3 is 0 Å². The molecule has 0 bridgehead atoms. The number of rotatable bonds is 6. The number of pyridine rings is 1. The molecule has 0 aliphatic heterocycles. The highest BCUT2D eigenvalue weighted by Crippen LogP contribution is 2.09. The third kappa shape index (κ3) is 4.84. The first kappa shape index (κ1) is 14.6. The first-order valence-electron chi connectivity index (χ1n) is 6.39. The van der Waals surface area contributed by atoms with Crippen molar-refractivity contribution in [3.05, 3.63) is 30.1 Å². The molecule has 1 rings (SSSR count). The van der Waals surface area contributed by atoms with Gasteiger partial charge in [0.05, 0.1) is 6.54 Å². The molecule has 4 heteroatoms. The van der Waals surface area contributed by atoms with Crippen LogP contribution in [0.25, 0.3) is 0 Å². The molecule has 0 unspecified atom stereocenters. The van der Waals surface area contributed by atoms with E-state index in [-0.39, 0.29) is 17.5 Å². The molecule has 0 aliphatic rings. The van der Waals surface area contributed by atoms with Crippen LogP contribution in [0, 0.1) is 0 Å². The van der Waals surface area contributed by atoms with E-state index >= 15 is 0 Å². The third-order valence-electron chi connectivity index (χ3n) is 3.11. The zero-order valence-corrected chi connectivity index (χ0v) is 11.7. The Morgan fingerprint density at radius 3 is 2.78 bits per heavy atom. The van der Waals surface area contributed by atoms with E-state index in [9.17, 15) is 4.79 Å². The Balaban J connectivity index is 2.39. The van der Waals surface area contributed by atoms with Crippen LogP contribution in [0.15, 0.2) is 24.5 Å². The zero-order valence-electron chi connectivity index (χ0n) is 11.7. The van der Waals surface area contributed by atoms with Crippen LogP contribution >= 0.6 is 0 Å². The number of amides is 1. The molecule has 1 heterocycles. The van der Waals surface area contributed by atoms with E-state index in [4.69, 9.17) is 0 Å². The summed E-state index contributed by atoms with van der Waals surface area (Å²) < 4.78 is 0. The molecular formula is C14H23N3O. The molecule has 18 heavy (non-hydrogen) atoms. The summed E-state index contributed by atoms with van der Waals surface area (Å²) in [7, 11) is 0. The highest BCUT2D eigenvalue weighted by molar-refractivity contribution is 5.78. The van der Waals surface area contributed by atoms with Gasteiger partial charge in [-0.05, 0) is 38.8 Å². The van der Waals surface area contributed by atoms with Gasteiger partial charge in [-0.1, -0.05) is 13.0 Å². The van der Waals surface area contributed by atoms with Crippen LogP contribution in [-0.4, -0.2) is 23.0 Å². The van der Waals surface area contributed by atoms with Gasteiger partial charge in [0, 0.05) is 24.0 Å². The number of carbonyl (C=O) groups excluding carboxylic acids is 1. The van der Waals surface area contributed by atoms with Crippen molar-refractivity contribution in [1.82, 2.24) is 15.6 Å². The van der Waals surface area contributed by atoms with Crippen LogP contribution in [-0.2, 0) is 4.79 Å². The molecule has 0 saturated carbocycles. The van der Waals surface area contributed by atoms with Crippen molar-refractivity contribution in [1.29, 1.82) is 0 Å². The SMILES string of the molecule is CCC(C)(C)NC(=O)CN[C@H](C)c1cccnc1. The number of carbonyl (C=O) groups is 1. The molecule has 1 aromatic rings. The second-order valence-corrected chi connectivity index (χ2v) is 5.17. The summed E-state index contributed by atoms with van der Waals surface area (Å²) in [5, 5.41) is 6.19.